The van der Waals surface area contributed by atoms with E-state index < -0.39 is 11.9 Å². The molecule has 0 radical (unpaired) electrons. The first-order chi connectivity index (χ1) is 23.4. The number of ether oxygens (including phenoxy) is 4. The zero-order chi connectivity index (χ0) is 33.7. The number of unbranched alkanes of at least 4 members (excludes halogenated alkanes) is 3. The van der Waals surface area contributed by atoms with Crippen LogP contribution in [-0.4, -0.2) is 54.1 Å². The van der Waals surface area contributed by atoms with Crippen LogP contribution in [-0.2, 0) is 22.4 Å². The number of carbonyl (C=O) groups is 3. The summed E-state index contributed by atoms with van der Waals surface area (Å²) in [7, 11) is 0. The number of carboxylic acids is 2. The van der Waals surface area contributed by atoms with Crippen LogP contribution >= 0.6 is 0 Å². The number of rotatable bonds is 19. The number of carboxylic acid groups (broad SMARTS) is 2. The third-order valence-electron chi connectivity index (χ3n) is 8.79. The summed E-state index contributed by atoms with van der Waals surface area (Å²) in [5.74, 6) is 0.828. The molecule has 1 fully saturated rings. The van der Waals surface area contributed by atoms with Crippen molar-refractivity contribution in [3.8, 4) is 34.1 Å². The summed E-state index contributed by atoms with van der Waals surface area (Å²) in [6, 6.07) is 17.4. The molecule has 3 aromatic carbocycles. The lowest BCUT2D eigenvalue weighted by atomic mass is 9.97. The van der Waals surface area contributed by atoms with E-state index in [1.54, 1.807) is 0 Å². The predicted molar refractivity (Wildman–Crippen MR) is 180 cm³/mol. The SMILES string of the molecule is O=C(O)CCCOc1cccc(CCCCCCOc2cc(C(=O)NC3CCCC3)cc(-c3ccc4c(c3)OCO4)c2)c1CCC(=O)O. The van der Waals surface area contributed by atoms with Crippen molar-refractivity contribution in [2.45, 2.75) is 89.5 Å². The lowest BCUT2D eigenvalue weighted by molar-refractivity contribution is -0.138. The molecule has 1 aliphatic carbocycles. The molecule has 1 heterocycles. The van der Waals surface area contributed by atoms with Crippen LogP contribution < -0.4 is 24.3 Å². The van der Waals surface area contributed by atoms with Gasteiger partial charge in [0.05, 0.1) is 13.2 Å². The monoisotopic (exact) mass is 659 g/mol. The number of aliphatic carboxylic acids is 2. The van der Waals surface area contributed by atoms with Gasteiger partial charge in [-0.1, -0.05) is 43.9 Å². The first-order valence-corrected chi connectivity index (χ1v) is 17.0. The predicted octanol–water partition coefficient (Wildman–Crippen LogP) is 7.20. The van der Waals surface area contributed by atoms with Crippen molar-refractivity contribution in [3.63, 3.8) is 0 Å². The fraction of sp³-hybridized carbons (Fsp3) is 0.447. The Balaban J connectivity index is 1.15. The maximum absolute atomic E-state index is 13.2. The van der Waals surface area contributed by atoms with E-state index in [0.29, 0.717) is 48.0 Å². The minimum absolute atomic E-state index is 0.000338. The van der Waals surface area contributed by atoms with E-state index >= 15 is 0 Å². The van der Waals surface area contributed by atoms with Gasteiger partial charge >= 0.3 is 11.9 Å². The molecule has 5 rings (SSSR count). The first-order valence-electron chi connectivity index (χ1n) is 17.0. The Kier molecular flexibility index (Phi) is 12.6. The zero-order valence-corrected chi connectivity index (χ0v) is 27.3. The van der Waals surface area contributed by atoms with E-state index in [1.165, 1.54) is 0 Å². The molecule has 1 saturated carbocycles. The van der Waals surface area contributed by atoms with Gasteiger partial charge in [-0.2, -0.15) is 0 Å². The molecule has 3 N–H and O–H groups in total. The minimum Gasteiger partial charge on any atom is -0.494 e. The van der Waals surface area contributed by atoms with Crippen LogP contribution in [0.2, 0.25) is 0 Å². The average molecular weight is 660 g/mol. The molecular formula is C38H45NO9. The maximum atomic E-state index is 13.2. The normalized spacial score (nSPS) is 13.8. The van der Waals surface area contributed by atoms with Gasteiger partial charge in [0.25, 0.3) is 5.91 Å². The van der Waals surface area contributed by atoms with Gasteiger partial charge in [-0.05, 0) is 104 Å². The second-order valence-corrected chi connectivity index (χ2v) is 12.4. The van der Waals surface area contributed by atoms with Crippen LogP contribution in [0.3, 0.4) is 0 Å². The number of nitrogens with one attached hydrogen (secondary N) is 1. The van der Waals surface area contributed by atoms with Gasteiger partial charge in [0, 0.05) is 24.4 Å². The summed E-state index contributed by atoms with van der Waals surface area (Å²) >= 11 is 0. The summed E-state index contributed by atoms with van der Waals surface area (Å²) in [5, 5.41) is 21.3. The van der Waals surface area contributed by atoms with Crippen molar-refractivity contribution in [1.82, 2.24) is 5.32 Å². The van der Waals surface area contributed by atoms with Gasteiger partial charge < -0.3 is 34.5 Å². The molecule has 0 bridgehead atoms. The van der Waals surface area contributed by atoms with Crippen LogP contribution in [0.1, 0.15) is 92.1 Å². The van der Waals surface area contributed by atoms with Crippen LogP contribution in [0.25, 0.3) is 11.1 Å². The second kappa shape index (κ2) is 17.4. The number of carbonyl (C=O) groups excluding carboxylic acids is 1. The lowest BCUT2D eigenvalue weighted by Gasteiger charge is -2.16. The molecule has 48 heavy (non-hydrogen) atoms. The summed E-state index contributed by atoms with van der Waals surface area (Å²) in [6.45, 7) is 0.972. The quantitative estimate of drug-likeness (QED) is 0.114. The zero-order valence-electron chi connectivity index (χ0n) is 27.3. The summed E-state index contributed by atoms with van der Waals surface area (Å²) in [5.41, 5.74) is 4.30. The number of aryl methyl sites for hydroxylation is 1. The highest BCUT2D eigenvalue weighted by Gasteiger charge is 2.20. The van der Waals surface area contributed by atoms with Crippen LogP contribution in [0.4, 0.5) is 0 Å². The molecule has 3 aromatic rings. The Morgan fingerprint density at radius 1 is 0.750 bits per heavy atom. The summed E-state index contributed by atoms with van der Waals surface area (Å²) in [4.78, 5) is 35.4. The molecule has 1 amide bonds. The Hall–Kier alpha value is -4.73. The topological polar surface area (TPSA) is 141 Å². The number of fused-ring (bicyclic) bond motifs is 1. The first kappa shape index (κ1) is 34.6. The number of hydrogen-bond acceptors (Lipinski definition) is 7. The molecule has 256 valence electrons. The molecule has 1 aliphatic heterocycles. The largest absolute Gasteiger partial charge is 0.494 e. The minimum atomic E-state index is -0.871. The van der Waals surface area contributed by atoms with Crippen LogP contribution in [0, 0.1) is 0 Å². The van der Waals surface area contributed by atoms with E-state index in [9.17, 15) is 19.5 Å². The molecule has 0 saturated heterocycles. The van der Waals surface area contributed by atoms with E-state index in [1.807, 2.05) is 54.6 Å². The van der Waals surface area contributed by atoms with E-state index in [4.69, 9.17) is 24.1 Å². The molecule has 10 heteroatoms. The number of amides is 1. The summed E-state index contributed by atoms with van der Waals surface area (Å²) in [6.07, 6.45) is 9.54. The highest BCUT2D eigenvalue weighted by atomic mass is 16.7. The van der Waals surface area contributed by atoms with Gasteiger partial charge in [0.2, 0.25) is 6.79 Å². The third-order valence-corrected chi connectivity index (χ3v) is 8.79. The number of hydrogen-bond donors (Lipinski definition) is 3. The molecule has 0 spiro atoms. The molecule has 2 aliphatic rings. The number of benzene rings is 3. The smallest absolute Gasteiger partial charge is 0.303 e. The molecular weight excluding hydrogens is 614 g/mol. The molecule has 10 nitrogen and oxygen atoms in total. The van der Waals surface area contributed by atoms with E-state index in [-0.39, 0.29) is 38.2 Å². The maximum Gasteiger partial charge on any atom is 0.303 e. The molecule has 0 unspecified atom stereocenters. The fourth-order valence-corrected chi connectivity index (χ4v) is 6.26. The van der Waals surface area contributed by atoms with Gasteiger partial charge in [-0.25, -0.2) is 0 Å². The third kappa shape index (κ3) is 10.1. The Bertz CT molecular complexity index is 1560. The van der Waals surface area contributed by atoms with Crippen molar-refractivity contribution in [1.29, 1.82) is 0 Å². The lowest BCUT2D eigenvalue weighted by Crippen LogP contribution is -2.32. The second-order valence-electron chi connectivity index (χ2n) is 12.4. The van der Waals surface area contributed by atoms with Gasteiger partial charge in [-0.15, -0.1) is 0 Å². The van der Waals surface area contributed by atoms with Crippen LogP contribution in [0.15, 0.2) is 54.6 Å². The molecule has 0 aromatic heterocycles. The molecule has 0 atom stereocenters. The van der Waals surface area contributed by atoms with E-state index in [2.05, 4.69) is 5.32 Å². The van der Waals surface area contributed by atoms with Gasteiger partial charge in [0.15, 0.2) is 11.5 Å². The standard InChI is InChI=1S/C38H45NO9/c40-36(41)14-8-20-46-33-13-7-10-26(32(33)16-18-37(42)43)9-3-1-2-6-19-45-31-22-28(27-15-17-34-35(24-27)48-25-47-34)21-29(23-31)38(44)39-30-11-4-5-12-30/h7,10,13,15,17,21-24,30H,1-6,8-9,11-12,14,16,18-20,25H2,(H,39,44)(H,40,41)(H,42,43). The van der Waals surface area contributed by atoms with Crippen molar-refractivity contribution >= 4 is 17.8 Å². The Morgan fingerprint density at radius 3 is 2.33 bits per heavy atom. The van der Waals surface area contributed by atoms with Crippen molar-refractivity contribution < 1.29 is 43.5 Å². The Labute approximate surface area is 281 Å². The van der Waals surface area contributed by atoms with Gasteiger partial charge in [0.1, 0.15) is 11.5 Å². The van der Waals surface area contributed by atoms with Crippen LogP contribution in [0.5, 0.6) is 23.0 Å². The fourth-order valence-electron chi connectivity index (χ4n) is 6.26. The Morgan fingerprint density at radius 2 is 1.52 bits per heavy atom. The highest BCUT2D eigenvalue weighted by Crippen LogP contribution is 2.37. The van der Waals surface area contributed by atoms with E-state index in [0.717, 1.165) is 80.0 Å². The average Bonchev–Trinajstić information content (AvgIpc) is 3.77. The van der Waals surface area contributed by atoms with Crippen molar-refractivity contribution in [3.05, 3.63) is 71.3 Å². The van der Waals surface area contributed by atoms with Crippen molar-refractivity contribution in [2.24, 2.45) is 0 Å². The summed E-state index contributed by atoms with van der Waals surface area (Å²) < 4.78 is 23.1. The highest BCUT2D eigenvalue weighted by molar-refractivity contribution is 5.96. The van der Waals surface area contributed by atoms with Crippen molar-refractivity contribution in [2.75, 3.05) is 20.0 Å². The van der Waals surface area contributed by atoms with Gasteiger partial charge in [-0.3, -0.25) is 14.4 Å².